The molecule has 1 aromatic carbocycles. The van der Waals surface area contributed by atoms with E-state index in [1.165, 1.54) is 22.9 Å². The summed E-state index contributed by atoms with van der Waals surface area (Å²) in [5, 5.41) is 7.68. The highest BCUT2D eigenvalue weighted by Crippen LogP contribution is 2.35. The van der Waals surface area contributed by atoms with Crippen molar-refractivity contribution in [3.8, 4) is 16.9 Å². The van der Waals surface area contributed by atoms with Gasteiger partial charge in [-0.25, -0.2) is 18.4 Å². The molecule has 1 fully saturated rings. The Morgan fingerprint density at radius 2 is 2.03 bits per heavy atom. The van der Waals surface area contributed by atoms with E-state index in [-0.39, 0.29) is 12.1 Å². The minimum atomic E-state index is -1.09. The maximum Gasteiger partial charge on any atom is 0.230 e. The fourth-order valence-corrected chi connectivity index (χ4v) is 3.15. The van der Waals surface area contributed by atoms with Gasteiger partial charge in [0, 0.05) is 35.2 Å². The van der Waals surface area contributed by atoms with Crippen molar-refractivity contribution in [1.82, 2.24) is 19.7 Å². The van der Waals surface area contributed by atoms with E-state index in [0.29, 0.717) is 11.3 Å². The maximum atomic E-state index is 14.4. The van der Waals surface area contributed by atoms with Gasteiger partial charge in [0.25, 0.3) is 0 Å². The summed E-state index contributed by atoms with van der Waals surface area (Å²) in [6.45, 7) is 0. The molecule has 0 spiro atoms. The van der Waals surface area contributed by atoms with E-state index in [2.05, 4.69) is 20.4 Å². The Balaban J connectivity index is 1.48. The third kappa shape index (κ3) is 3.33. The van der Waals surface area contributed by atoms with Crippen molar-refractivity contribution in [3.63, 3.8) is 0 Å². The molecule has 4 aromatic rings. The van der Waals surface area contributed by atoms with Crippen LogP contribution in [-0.2, 0) is 4.79 Å². The van der Waals surface area contributed by atoms with E-state index < -0.39 is 23.8 Å². The van der Waals surface area contributed by atoms with Gasteiger partial charge in [-0.2, -0.15) is 0 Å². The second-order valence-corrected chi connectivity index (χ2v) is 6.94. The minimum absolute atomic E-state index is 0.160. The number of nitrogens with zero attached hydrogens (tertiary/aromatic N) is 4. The molecule has 8 heteroatoms. The molecule has 0 saturated heterocycles. The molecule has 1 saturated carbocycles. The van der Waals surface area contributed by atoms with Crippen LogP contribution in [-0.4, -0.2) is 31.8 Å². The van der Waals surface area contributed by atoms with Crippen molar-refractivity contribution in [3.05, 3.63) is 66.9 Å². The van der Waals surface area contributed by atoms with Crippen LogP contribution in [0, 0.1) is 11.7 Å². The summed E-state index contributed by atoms with van der Waals surface area (Å²) < 4.78 is 28.9. The molecule has 3 heterocycles. The Labute approximate surface area is 164 Å². The topological polar surface area (TPSA) is 72.7 Å². The number of anilines is 1. The number of carbonyl (C=O) groups is 1. The Morgan fingerprint density at radius 3 is 2.79 bits per heavy atom. The summed E-state index contributed by atoms with van der Waals surface area (Å²) >= 11 is 0. The van der Waals surface area contributed by atoms with Crippen molar-refractivity contribution < 1.29 is 13.6 Å². The molecule has 5 rings (SSSR count). The van der Waals surface area contributed by atoms with Crippen LogP contribution in [0.5, 0.6) is 0 Å². The number of benzene rings is 1. The van der Waals surface area contributed by atoms with Gasteiger partial charge >= 0.3 is 0 Å². The van der Waals surface area contributed by atoms with Crippen LogP contribution >= 0.6 is 0 Å². The number of hydrogen-bond acceptors (Lipinski definition) is 4. The van der Waals surface area contributed by atoms with Gasteiger partial charge in [-0.05, 0) is 42.8 Å². The lowest BCUT2D eigenvalue weighted by Crippen LogP contribution is -2.15. The SMILES string of the molecule is O=C(Nc1ccc(F)c(-n2cc3cc(-c4ccccn4)cnc3n2)c1)[C@@H]1C[C@H]1F. The van der Waals surface area contributed by atoms with E-state index in [1.807, 2.05) is 24.3 Å². The molecule has 144 valence electrons. The van der Waals surface area contributed by atoms with Crippen LogP contribution in [0.15, 0.2) is 61.1 Å². The van der Waals surface area contributed by atoms with Crippen molar-refractivity contribution in [2.24, 2.45) is 5.92 Å². The molecule has 29 heavy (non-hydrogen) atoms. The summed E-state index contributed by atoms with van der Waals surface area (Å²) in [4.78, 5) is 20.6. The zero-order valence-electron chi connectivity index (χ0n) is 15.1. The van der Waals surface area contributed by atoms with E-state index in [4.69, 9.17) is 0 Å². The highest BCUT2D eigenvalue weighted by atomic mass is 19.1. The lowest BCUT2D eigenvalue weighted by atomic mass is 10.1. The third-order valence-electron chi connectivity index (χ3n) is 4.83. The van der Waals surface area contributed by atoms with Crippen molar-refractivity contribution in [1.29, 1.82) is 0 Å². The van der Waals surface area contributed by atoms with Crippen LogP contribution in [0.25, 0.3) is 28.0 Å². The van der Waals surface area contributed by atoms with Gasteiger partial charge in [-0.15, -0.1) is 5.10 Å². The highest BCUT2D eigenvalue weighted by molar-refractivity contribution is 5.95. The Morgan fingerprint density at radius 1 is 1.17 bits per heavy atom. The van der Waals surface area contributed by atoms with Crippen molar-refractivity contribution in [2.75, 3.05) is 5.32 Å². The Bertz CT molecular complexity index is 1220. The first-order valence-corrected chi connectivity index (χ1v) is 9.10. The number of amides is 1. The quantitative estimate of drug-likeness (QED) is 0.572. The molecule has 3 aromatic heterocycles. The number of fused-ring (bicyclic) bond motifs is 1. The van der Waals surface area contributed by atoms with Crippen LogP contribution in [0.3, 0.4) is 0 Å². The Kier molecular flexibility index (Phi) is 4.04. The van der Waals surface area contributed by atoms with Crippen LogP contribution in [0.2, 0.25) is 0 Å². The molecule has 1 amide bonds. The molecule has 6 nitrogen and oxygen atoms in total. The Hall–Kier alpha value is -3.68. The number of aromatic nitrogens is 4. The lowest BCUT2D eigenvalue weighted by molar-refractivity contribution is -0.117. The van der Waals surface area contributed by atoms with Gasteiger partial charge in [0.2, 0.25) is 5.91 Å². The number of rotatable bonds is 4. The van der Waals surface area contributed by atoms with Crippen LogP contribution in [0.4, 0.5) is 14.5 Å². The molecule has 1 aliphatic rings. The molecule has 0 bridgehead atoms. The normalized spacial score (nSPS) is 18.0. The zero-order chi connectivity index (χ0) is 20.0. The molecular weight excluding hydrogens is 376 g/mol. The zero-order valence-corrected chi connectivity index (χ0v) is 15.1. The second kappa shape index (κ2) is 6.73. The summed E-state index contributed by atoms with van der Waals surface area (Å²) in [7, 11) is 0. The smallest absolute Gasteiger partial charge is 0.230 e. The van der Waals surface area contributed by atoms with Gasteiger partial charge in [0.15, 0.2) is 5.65 Å². The monoisotopic (exact) mass is 391 g/mol. The fourth-order valence-electron chi connectivity index (χ4n) is 3.15. The molecule has 0 aliphatic heterocycles. The van der Waals surface area contributed by atoms with E-state index in [9.17, 15) is 13.6 Å². The first-order chi connectivity index (χ1) is 14.1. The molecule has 0 unspecified atom stereocenters. The van der Waals surface area contributed by atoms with Crippen LogP contribution in [0.1, 0.15) is 6.42 Å². The largest absolute Gasteiger partial charge is 0.326 e. The number of hydrogen-bond donors (Lipinski definition) is 1. The fraction of sp³-hybridized carbons (Fsp3) is 0.143. The highest BCUT2D eigenvalue weighted by Gasteiger charge is 2.43. The first-order valence-electron chi connectivity index (χ1n) is 9.10. The molecule has 1 aliphatic carbocycles. The van der Waals surface area contributed by atoms with E-state index >= 15 is 0 Å². The number of halogens is 2. The number of nitrogens with one attached hydrogen (secondary N) is 1. The molecule has 1 N–H and O–H groups in total. The van der Waals surface area contributed by atoms with Crippen LogP contribution < -0.4 is 5.32 Å². The van der Waals surface area contributed by atoms with Gasteiger partial charge in [0.1, 0.15) is 17.7 Å². The summed E-state index contributed by atoms with van der Waals surface area (Å²) in [5.74, 6) is -1.53. The number of pyridine rings is 2. The second-order valence-electron chi connectivity index (χ2n) is 6.94. The predicted molar refractivity (Wildman–Crippen MR) is 104 cm³/mol. The number of alkyl halides is 1. The summed E-state index contributed by atoms with van der Waals surface area (Å²) in [5.41, 5.74) is 2.60. The predicted octanol–water partition coefficient (Wildman–Crippen LogP) is 3.92. The number of carbonyl (C=O) groups excluding carboxylic acids is 1. The molecule has 0 radical (unpaired) electrons. The average Bonchev–Trinajstić information content (AvgIpc) is 3.32. The molecule has 2 atom stereocenters. The minimum Gasteiger partial charge on any atom is -0.326 e. The summed E-state index contributed by atoms with van der Waals surface area (Å²) in [6, 6.07) is 11.6. The van der Waals surface area contributed by atoms with Gasteiger partial charge in [-0.3, -0.25) is 9.78 Å². The third-order valence-corrected chi connectivity index (χ3v) is 4.83. The van der Waals surface area contributed by atoms with Gasteiger partial charge in [-0.1, -0.05) is 6.07 Å². The standard InChI is InChI=1S/C21H15F2N5O/c22-16-5-4-14(26-21(29)15-9-17(15)23)8-19(16)28-11-13-7-12(10-25-20(13)27-28)18-3-1-2-6-24-18/h1-8,10-11,15,17H,9H2,(H,26,29)/t15-,17-/m1/s1. The van der Waals surface area contributed by atoms with Gasteiger partial charge in [0.05, 0.1) is 11.6 Å². The first kappa shape index (κ1) is 17.4. The van der Waals surface area contributed by atoms with Crippen molar-refractivity contribution >= 4 is 22.6 Å². The maximum absolute atomic E-state index is 14.4. The molecular formula is C21H15F2N5O. The van der Waals surface area contributed by atoms with Crippen molar-refractivity contribution in [2.45, 2.75) is 12.6 Å². The summed E-state index contributed by atoms with van der Waals surface area (Å²) in [6.07, 6.45) is 4.17. The van der Waals surface area contributed by atoms with E-state index in [1.54, 1.807) is 18.6 Å². The lowest BCUT2D eigenvalue weighted by Gasteiger charge is -2.08. The van der Waals surface area contributed by atoms with E-state index in [0.717, 1.165) is 16.6 Å². The average molecular weight is 391 g/mol. The van der Waals surface area contributed by atoms with Gasteiger partial charge < -0.3 is 5.32 Å².